The number of hydrogen-bond donors (Lipinski definition) is 1. The third-order valence-corrected chi connectivity index (χ3v) is 3.13. The molecular weight excluding hydrogens is 260 g/mol. The Hall–Kier alpha value is -1.58. The molecule has 1 heterocycles. The first kappa shape index (κ1) is 13.8. The van der Waals surface area contributed by atoms with Crippen LogP contribution in [-0.4, -0.2) is 18.1 Å². The van der Waals surface area contributed by atoms with Crippen molar-refractivity contribution in [3.05, 3.63) is 58.7 Å². The molecule has 1 atom stereocenters. The molecule has 3 nitrogen and oxygen atoms in total. The van der Waals surface area contributed by atoms with Crippen LogP contribution < -0.4 is 10.5 Å². The molecule has 0 saturated heterocycles. The van der Waals surface area contributed by atoms with Crippen molar-refractivity contribution in [3.8, 4) is 5.88 Å². The Morgan fingerprint density at radius 3 is 2.63 bits per heavy atom. The quantitative estimate of drug-likeness (QED) is 0.913. The van der Waals surface area contributed by atoms with Crippen molar-refractivity contribution < 1.29 is 4.74 Å². The van der Waals surface area contributed by atoms with Crippen LogP contribution in [0.3, 0.4) is 0 Å². The third-order valence-electron chi connectivity index (χ3n) is 2.89. The molecule has 19 heavy (non-hydrogen) atoms. The van der Waals surface area contributed by atoms with Gasteiger partial charge in [-0.1, -0.05) is 29.8 Å². The van der Waals surface area contributed by atoms with E-state index in [1.165, 1.54) is 0 Å². The molecule has 0 aliphatic rings. The van der Waals surface area contributed by atoms with E-state index in [1.54, 1.807) is 13.3 Å². The van der Waals surface area contributed by atoms with Gasteiger partial charge in [-0.05, 0) is 36.1 Å². The molecule has 2 N–H and O–H groups in total. The summed E-state index contributed by atoms with van der Waals surface area (Å²) < 4.78 is 5.03. The van der Waals surface area contributed by atoms with Crippen molar-refractivity contribution in [3.63, 3.8) is 0 Å². The monoisotopic (exact) mass is 276 g/mol. The van der Waals surface area contributed by atoms with E-state index in [1.807, 2.05) is 36.4 Å². The first-order valence-electron chi connectivity index (χ1n) is 6.16. The van der Waals surface area contributed by atoms with Gasteiger partial charge < -0.3 is 10.5 Å². The van der Waals surface area contributed by atoms with E-state index in [4.69, 9.17) is 22.1 Å². The molecule has 1 aromatic carbocycles. The van der Waals surface area contributed by atoms with Crippen LogP contribution >= 0.6 is 11.6 Å². The first-order chi connectivity index (χ1) is 9.17. The van der Waals surface area contributed by atoms with E-state index in [2.05, 4.69) is 4.98 Å². The highest BCUT2D eigenvalue weighted by molar-refractivity contribution is 6.30. The molecule has 0 aliphatic carbocycles. The molecule has 2 rings (SSSR count). The highest BCUT2D eigenvalue weighted by Gasteiger charge is 2.06. The molecule has 0 bridgehead atoms. The summed E-state index contributed by atoms with van der Waals surface area (Å²) in [6.45, 7) is 0. The highest BCUT2D eigenvalue weighted by atomic mass is 35.5. The van der Waals surface area contributed by atoms with Gasteiger partial charge in [0.1, 0.15) is 0 Å². The molecule has 4 heteroatoms. The Morgan fingerprint density at radius 1 is 1.21 bits per heavy atom. The van der Waals surface area contributed by atoms with E-state index in [-0.39, 0.29) is 6.04 Å². The van der Waals surface area contributed by atoms with Crippen molar-refractivity contribution in [1.82, 2.24) is 4.98 Å². The van der Waals surface area contributed by atoms with Crippen molar-refractivity contribution in [2.75, 3.05) is 7.11 Å². The number of ether oxygens (including phenoxy) is 1. The van der Waals surface area contributed by atoms with Crippen LogP contribution in [0.2, 0.25) is 5.02 Å². The lowest BCUT2D eigenvalue weighted by Crippen LogP contribution is -2.25. The summed E-state index contributed by atoms with van der Waals surface area (Å²) in [7, 11) is 1.60. The molecule has 0 spiro atoms. The predicted octanol–water partition coefficient (Wildman–Crippen LogP) is 2.86. The summed E-state index contributed by atoms with van der Waals surface area (Å²) in [5, 5.41) is 0.746. The lowest BCUT2D eigenvalue weighted by molar-refractivity contribution is 0.397. The molecule has 100 valence electrons. The van der Waals surface area contributed by atoms with Crippen LogP contribution in [0.1, 0.15) is 11.1 Å². The number of benzene rings is 1. The molecule has 1 unspecified atom stereocenters. The lowest BCUT2D eigenvalue weighted by atomic mass is 10.0. The average molecular weight is 277 g/mol. The van der Waals surface area contributed by atoms with Crippen molar-refractivity contribution in [2.45, 2.75) is 18.9 Å². The maximum atomic E-state index is 6.16. The Balaban J connectivity index is 1.95. The number of halogens is 1. The summed E-state index contributed by atoms with van der Waals surface area (Å²) >= 11 is 5.96. The maximum Gasteiger partial charge on any atom is 0.212 e. The molecule has 0 fully saturated rings. The number of nitrogens with two attached hydrogens (primary N) is 1. The maximum absolute atomic E-state index is 6.16. The van der Waals surface area contributed by atoms with Gasteiger partial charge in [-0.25, -0.2) is 4.98 Å². The molecule has 1 aromatic heterocycles. The lowest BCUT2D eigenvalue weighted by Gasteiger charge is -2.12. The van der Waals surface area contributed by atoms with Crippen LogP contribution in [0.25, 0.3) is 0 Å². The zero-order chi connectivity index (χ0) is 13.7. The topological polar surface area (TPSA) is 48.1 Å². The standard InChI is InChI=1S/C15H17ClN2O/c1-19-15-6-5-12(10-18-15)9-14(17)8-11-3-2-4-13(16)7-11/h2-7,10,14H,8-9,17H2,1H3. The Bertz CT molecular complexity index is 528. The fourth-order valence-corrected chi connectivity index (χ4v) is 2.21. The SMILES string of the molecule is COc1ccc(CC(N)Cc2cccc(Cl)c2)cn1. The second-order valence-corrected chi connectivity index (χ2v) is 4.94. The normalized spacial score (nSPS) is 12.2. The molecule has 0 aliphatic heterocycles. The second kappa shape index (κ2) is 6.55. The Kier molecular flexibility index (Phi) is 4.77. The highest BCUT2D eigenvalue weighted by Crippen LogP contribution is 2.14. The number of hydrogen-bond acceptors (Lipinski definition) is 3. The molecule has 0 radical (unpaired) electrons. The second-order valence-electron chi connectivity index (χ2n) is 4.51. The van der Waals surface area contributed by atoms with Crippen LogP contribution in [0.15, 0.2) is 42.6 Å². The zero-order valence-electron chi connectivity index (χ0n) is 10.8. The van der Waals surface area contributed by atoms with E-state index in [9.17, 15) is 0 Å². The number of methoxy groups -OCH3 is 1. The van der Waals surface area contributed by atoms with Gasteiger partial charge >= 0.3 is 0 Å². The third kappa shape index (κ3) is 4.23. The minimum absolute atomic E-state index is 0.0497. The van der Waals surface area contributed by atoms with Crippen LogP contribution in [0, 0.1) is 0 Å². The van der Waals surface area contributed by atoms with Crippen molar-refractivity contribution in [2.24, 2.45) is 5.73 Å². The fraction of sp³-hybridized carbons (Fsp3) is 0.267. The molecule has 0 amide bonds. The summed E-state index contributed by atoms with van der Waals surface area (Å²) in [5.41, 5.74) is 8.42. The van der Waals surface area contributed by atoms with Crippen molar-refractivity contribution in [1.29, 1.82) is 0 Å². The van der Waals surface area contributed by atoms with E-state index in [0.29, 0.717) is 5.88 Å². The van der Waals surface area contributed by atoms with Gasteiger partial charge in [0.15, 0.2) is 0 Å². The fourth-order valence-electron chi connectivity index (χ4n) is 1.99. The molecule has 2 aromatic rings. The number of aromatic nitrogens is 1. The van der Waals surface area contributed by atoms with Crippen LogP contribution in [0.5, 0.6) is 5.88 Å². The minimum Gasteiger partial charge on any atom is -0.481 e. The van der Waals surface area contributed by atoms with Gasteiger partial charge in [-0.15, -0.1) is 0 Å². The van der Waals surface area contributed by atoms with Gasteiger partial charge in [0, 0.05) is 23.3 Å². The zero-order valence-corrected chi connectivity index (χ0v) is 11.6. The van der Waals surface area contributed by atoms with Crippen LogP contribution in [0.4, 0.5) is 0 Å². The molecule has 0 saturated carbocycles. The first-order valence-corrected chi connectivity index (χ1v) is 6.54. The predicted molar refractivity (Wildman–Crippen MR) is 77.6 cm³/mol. The number of nitrogens with zero attached hydrogens (tertiary/aromatic N) is 1. The Labute approximate surface area is 118 Å². The van der Waals surface area contributed by atoms with E-state index in [0.717, 1.165) is 29.0 Å². The summed E-state index contributed by atoms with van der Waals surface area (Å²) in [4.78, 5) is 4.17. The van der Waals surface area contributed by atoms with Gasteiger partial charge in [0.05, 0.1) is 7.11 Å². The largest absolute Gasteiger partial charge is 0.481 e. The van der Waals surface area contributed by atoms with Gasteiger partial charge in [-0.2, -0.15) is 0 Å². The van der Waals surface area contributed by atoms with E-state index < -0.39 is 0 Å². The van der Waals surface area contributed by atoms with Gasteiger partial charge in [0.2, 0.25) is 5.88 Å². The minimum atomic E-state index is 0.0497. The number of rotatable bonds is 5. The van der Waals surface area contributed by atoms with Gasteiger partial charge in [0.25, 0.3) is 0 Å². The average Bonchev–Trinajstić information content (AvgIpc) is 2.39. The van der Waals surface area contributed by atoms with Crippen LogP contribution in [-0.2, 0) is 12.8 Å². The smallest absolute Gasteiger partial charge is 0.212 e. The van der Waals surface area contributed by atoms with E-state index >= 15 is 0 Å². The number of pyridine rings is 1. The Morgan fingerprint density at radius 2 is 2.00 bits per heavy atom. The molecular formula is C15H17ClN2O. The summed E-state index contributed by atoms with van der Waals surface area (Å²) in [6, 6.07) is 11.7. The van der Waals surface area contributed by atoms with Gasteiger partial charge in [-0.3, -0.25) is 0 Å². The summed E-state index contributed by atoms with van der Waals surface area (Å²) in [6.07, 6.45) is 3.38. The van der Waals surface area contributed by atoms with Crippen molar-refractivity contribution >= 4 is 11.6 Å². The summed E-state index contributed by atoms with van der Waals surface area (Å²) in [5.74, 6) is 0.618.